The molecule has 3 atom stereocenters. The van der Waals surface area contributed by atoms with Crippen LogP contribution in [0.5, 0.6) is 0 Å². The molecule has 1 heterocycles. The lowest BCUT2D eigenvalue weighted by Crippen LogP contribution is -2.22. The quantitative estimate of drug-likeness (QED) is 0.735. The van der Waals surface area contributed by atoms with E-state index < -0.39 is 0 Å². The predicted octanol–water partition coefficient (Wildman–Crippen LogP) is 4.13. The zero-order valence-corrected chi connectivity index (χ0v) is 11.8. The van der Waals surface area contributed by atoms with Crippen LogP contribution in [0.15, 0.2) is 0 Å². The number of hydrogen-bond donors (Lipinski definition) is 1. The van der Waals surface area contributed by atoms with E-state index in [1.54, 1.807) is 44.9 Å². The maximum Gasteiger partial charge on any atom is 0.000839 e. The number of nitrogens with one attached hydrogen (secondary N) is 1. The molecule has 1 nitrogen and oxygen atoms in total. The van der Waals surface area contributed by atoms with Crippen LogP contribution in [-0.4, -0.2) is 13.1 Å². The Morgan fingerprint density at radius 3 is 2.06 bits per heavy atom. The van der Waals surface area contributed by atoms with E-state index in [1.165, 1.54) is 38.8 Å². The molecular weight excluding hydrogens is 218 g/mol. The van der Waals surface area contributed by atoms with Gasteiger partial charge in [-0.25, -0.2) is 0 Å². The first-order valence-electron chi connectivity index (χ1n) is 8.50. The molecule has 1 saturated heterocycles. The first kappa shape index (κ1) is 11.8. The van der Waals surface area contributed by atoms with Crippen molar-refractivity contribution >= 4 is 0 Å². The van der Waals surface area contributed by atoms with Gasteiger partial charge in [0.25, 0.3) is 0 Å². The van der Waals surface area contributed by atoms with Gasteiger partial charge in [-0.2, -0.15) is 0 Å². The molecular formula is C17H29N. The molecule has 0 amide bonds. The van der Waals surface area contributed by atoms with Crippen molar-refractivity contribution in [3.8, 4) is 0 Å². The highest BCUT2D eigenvalue weighted by Gasteiger charge is 2.48. The fourth-order valence-corrected chi connectivity index (χ4v) is 6.07. The molecule has 18 heavy (non-hydrogen) atoms. The molecule has 0 aromatic carbocycles. The zero-order valence-electron chi connectivity index (χ0n) is 11.8. The molecule has 2 spiro atoms. The van der Waals surface area contributed by atoms with E-state index >= 15 is 0 Å². The van der Waals surface area contributed by atoms with Crippen molar-refractivity contribution in [3.05, 3.63) is 0 Å². The minimum Gasteiger partial charge on any atom is -0.316 e. The molecule has 3 saturated carbocycles. The molecule has 4 aliphatic rings. The van der Waals surface area contributed by atoms with E-state index in [9.17, 15) is 0 Å². The van der Waals surface area contributed by atoms with Crippen LogP contribution in [0.4, 0.5) is 0 Å². The van der Waals surface area contributed by atoms with E-state index in [4.69, 9.17) is 0 Å². The van der Waals surface area contributed by atoms with Gasteiger partial charge in [-0.3, -0.25) is 0 Å². The van der Waals surface area contributed by atoms with Crippen molar-refractivity contribution < 1.29 is 0 Å². The lowest BCUT2D eigenvalue weighted by Gasteiger charge is -2.26. The van der Waals surface area contributed by atoms with Gasteiger partial charge in [-0.05, 0) is 87.0 Å². The van der Waals surface area contributed by atoms with Gasteiger partial charge in [0.05, 0.1) is 0 Å². The molecule has 102 valence electrons. The molecule has 4 fully saturated rings. The summed E-state index contributed by atoms with van der Waals surface area (Å²) in [6.45, 7) is 2.63. The van der Waals surface area contributed by atoms with Gasteiger partial charge < -0.3 is 5.32 Å². The minimum atomic E-state index is 0.746. The van der Waals surface area contributed by atoms with Gasteiger partial charge in [0.15, 0.2) is 0 Å². The van der Waals surface area contributed by atoms with Gasteiger partial charge in [0.2, 0.25) is 0 Å². The second kappa shape index (κ2) is 4.23. The minimum absolute atomic E-state index is 0.746. The fraction of sp³-hybridized carbons (Fsp3) is 1.00. The van der Waals surface area contributed by atoms with Gasteiger partial charge in [0, 0.05) is 6.54 Å². The summed E-state index contributed by atoms with van der Waals surface area (Å²) in [5.74, 6) is 2.22. The first-order valence-corrected chi connectivity index (χ1v) is 8.50. The molecule has 0 aromatic rings. The molecule has 0 radical (unpaired) electrons. The highest BCUT2D eigenvalue weighted by molar-refractivity contribution is 5.00. The Kier molecular flexibility index (Phi) is 2.76. The summed E-state index contributed by atoms with van der Waals surface area (Å²) in [5, 5.41) is 3.61. The summed E-state index contributed by atoms with van der Waals surface area (Å²) < 4.78 is 0. The molecule has 4 rings (SSSR count). The highest BCUT2D eigenvalue weighted by atomic mass is 14.9. The largest absolute Gasteiger partial charge is 0.316 e. The van der Waals surface area contributed by atoms with Crippen LogP contribution in [-0.2, 0) is 0 Å². The van der Waals surface area contributed by atoms with Gasteiger partial charge in [-0.1, -0.05) is 12.8 Å². The van der Waals surface area contributed by atoms with E-state index in [2.05, 4.69) is 5.32 Å². The Balaban J connectivity index is 1.40. The molecule has 3 unspecified atom stereocenters. The van der Waals surface area contributed by atoms with E-state index in [-0.39, 0.29) is 0 Å². The Bertz CT molecular complexity index is 278. The molecule has 1 N–H and O–H groups in total. The topological polar surface area (TPSA) is 12.0 Å². The lowest BCUT2D eigenvalue weighted by atomic mass is 9.79. The summed E-state index contributed by atoms with van der Waals surface area (Å²) in [4.78, 5) is 0. The van der Waals surface area contributed by atoms with Crippen molar-refractivity contribution in [1.82, 2.24) is 5.32 Å². The van der Waals surface area contributed by atoms with Crippen LogP contribution in [0.1, 0.15) is 70.6 Å². The van der Waals surface area contributed by atoms with Crippen LogP contribution in [0.25, 0.3) is 0 Å². The van der Waals surface area contributed by atoms with Gasteiger partial charge >= 0.3 is 0 Å². The highest BCUT2D eigenvalue weighted by Crippen LogP contribution is 2.58. The second-order valence-corrected chi connectivity index (χ2v) is 8.14. The maximum atomic E-state index is 3.61. The number of hydrogen-bond acceptors (Lipinski definition) is 1. The van der Waals surface area contributed by atoms with E-state index in [0.29, 0.717) is 0 Å². The van der Waals surface area contributed by atoms with Gasteiger partial charge in [-0.15, -0.1) is 0 Å². The molecule has 0 aromatic heterocycles. The van der Waals surface area contributed by atoms with Crippen molar-refractivity contribution in [1.29, 1.82) is 0 Å². The van der Waals surface area contributed by atoms with Crippen LogP contribution >= 0.6 is 0 Å². The maximum absolute atomic E-state index is 3.61. The molecule has 0 bridgehead atoms. The summed E-state index contributed by atoms with van der Waals surface area (Å²) in [6.07, 6.45) is 17.1. The Morgan fingerprint density at radius 2 is 1.39 bits per heavy atom. The second-order valence-electron chi connectivity index (χ2n) is 8.14. The lowest BCUT2D eigenvalue weighted by molar-refractivity contribution is 0.243. The fourth-order valence-electron chi connectivity index (χ4n) is 6.07. The Labute approximate surface area is 112 Å². The SMILES string of the molecule is C1CCC2(C1)CCC(C1CCC3(CCNC3)C1)C2. The van der Waals surface area contributed by atoms with Crippen molar-refractivity contribution in [2.45, 2.75) is 70.6 Å². The van der Waals surface area contributed by atoms with Crippen LogP contribution in [0, 0.1) is 22.7 Å². The average molecular weight is 247 g/mol. The molecule has 3 aliphatic carbocycles. The van der Waals surface area contributed by atoms with Gasteiger partial charge in [0.1, 0.15) is 0 Å². The molecule has 1 aliphatic heterocycles. The van der Waals surface area contributed by atoms with Crippen LogP contribution < -0.4 is 5.32 Å². The molecule has 1 heteroatoms. The smallest absolute Gasteiger partial charge is 0.000839 e. The van der Waals surface area contributed by atoms with E-state index in [1.807, 2.05) is 0 Å². The first-order chi connectivity index (χ1) is 8.79. The average Bonchev–Trinajstić information content (AvgIpc) is 3.12. The summed E-state index contributed by atoms with van der Waals surface area (Å²) in [5.41, 5.74) is 1.59. The summed E-state index contributed by atoms with van der Waals surface area (Å²) >= 11 is 0. The Hall–Kier alpha value is -0.0400. The van der Waals surface area contributed by atoms with Crippen LogP contribution in [0.2, 0.25) is 0 Å². The third-order valence-corrected chi connectivity index (χ3v) is 7.14. The van der Waals surface area contributed by atoms with Crippen molar-refractivity contribution in [3.63, 3.8) is 0 Å². The monoisotopic (exact) mass is 247 g/mol. The third-order valence-electron chi connectivity index (χ3n) is 7.14. The predicted molar refractivity (Wildman–Crippen MR) is 75.5 cm³/mol. The zero-order chi connectivity index (χ0) is 12.1. The normalized spacial score (nSPS) is 46.7. The van der Waals surface area contributed by atoms with Crippen LogP contribution in [0.3, 0.4) is 0 Å². The summed E-state index contributed by atoms with van der Waals surface area (Å²) in [6, 6.07) is 0. The summed E-state index contributed by atoms with van der Waals surface area (Å²) in [7, 11) is 0. The van der Waals surface area contributed by atoms with Crippen molar-refractivity contribution in [2.75, 3.05) is 13.1 Å². The Morgan fingerprint density at radius 1 is 0.722 bits per heavy atom. The third kappa shape index (κ3) is 1.85. The van der Waals surface area contributed by atoms with E-state index in [0.717, 1.165) is 22.7 Å². The number of rotatable bonds is 1. The van der Waals surface area contributed by atoms with Crippen molar-refractivity contribution in [2.24, 2.45) is 22.7 Å². The standard InChI is InChI=1S/C17H29N/c1-2-6-16(5-1)7-3-14(11-16)15-4-8-17(12-15)9-10-18-13-17/h14-15,18H,1-13H2.